The summed E-state index contributed by atoms with van der Waals surface area (Å²) in [5, 5.41) is 0. The second-order valence-electron chi connectivity index (χ2n) is 3.39. The molecule has 0 spiro atoms. The van der Waals surface area contributed by atoms with Crippen molar-refractivity contribution in [3.05, 3.63) is 34.1 Å². The Morgan fingerprint density at radius 2 is 1.82 bits per heavy atom. The molecule has 3 nitrogen and oxygen atoms in total. The number of ether oxygens (including phenoxy) is 3. The molecule has 0 aliphatic rings. The van der Waals surface area contributed by atoms with Gasteiger partial charge in [0.15, 0.2) is 0 Å². The lowest BCUT2D eigenvalue weighted by Crippen LogP contribution is -2.08. The van der Waals surface area contributed by atoms with E-state index in [1.54, 1.807) is 13.2 Å². The topological polar surface area (TPSA) is 27.7 Å². The van der Waals surface area contributed by atoms with Gasteiger partial charge in [0.1, 0.15) is 5.82 Å². The Morgan fingerprint density at radius 3 is 2.53 bits per heavy atom. The molecule has 0 saturated carbocycles. The second-order valence-corrected chi connectivity index (χ2v) is 4.25. The van der Waals surface area contributed by atoms with Crippen LogP contribution in [0, 0.1) is 5.82 Å². The third kappa shape index (κ3) is 6.12. The van der Waals surface area contributed by atoms with Gasteiger partial charge in [-0.1, -0.05) is 22.0 Å². The highest BCUT2D eigenvalue weighted by Crippen LogP contribution is 2.18. The molecule has 1 aromatic carbocycles. The van der Waals surface area contributed by atoms with Crippen molar-refractivity contribution in [1.29, 1.82) is 0 Å². The van der Waals surface area contributed by atoms with Gasteiger partial charge in [0.05, 0.1) is 33.0 Å². The van der Waals surface area contributed by atoms with Crippen molar-refractivity contribution in [3.8, 4) is 0 Å². The van der Waals surface area contributed by atoms with Gasteiger partial charge in [-0.3, -0.25) is 0 Å². The van der Waals surface area contributed by atoms with Crippen LogP contribution in [-0.2, 0) is 20.8 Å². The van der Waals surface area contributed by atoms with E-state index in [1.165, 1.54) is 12.1 Å². The van der Waals surface area contributed by atoms with Crippen molar-refractivity contribution < 1.29 is 18.6 Å². The SMILES string of the molecule is COCCOCCOCc1ccc(F)cc1Br. The summed E-state index contributed by atoms with van der Waals surface area (Å²) < 4.78 is 29.0. The van der Waals surface area contributed by atoms with Gasteiger partial charge in [-0.2, -0.15) is 0 Å². The first-order valence-electron chi connectivity index (χ1n) is 5.32. The molecule has 0 atom stereocenters. The Balaban J connectivity index is 2.14. The van der Waals surface area contributed by atoms with E-state index in [-0.39, 0.29) is 5.82 Å². The van der Waals surface area contributed by atoms with E-state index in [4.69, 9.17) is 14.2 Å². The molecule has 0 heterocycles. The van der Waals surface area contributed by atoms with Gasteiger partial charge < -0.3 is 14.2 Å². The molecule has 1 rings (SSSR count). The summed E-state index contributed by atoms with van der Waals surface area (Å²) in [6, 6.07) is 4.54. The average molecular weight is 307 g/mol. The van der Waals surface area contributed by atoms with Crippen LogP contribution < -0.4 is 0 Å². The van der Waals surface area contributed by atoms with Crippen LogP contribution >= 0.6 is 15.9 Å². The maximum Gasteiger partial charge on any atom is 0.124 e. The highest BCUT2D eigenvalue weighted by Gasteiger charge is 2.01. The van der Waals surface area contributed by atoms with Crippen LogP contribution in [0.4, 0.5) is 4.39 Å². The first-order valence-corrected chi connectivity index (χ1v) is 6.11. The molecule has 0 aliphatic heterocycles. The molecule has 5 heteroatoms. The third-order valence-corrected chi connectivity index (χ3v) is 2.81. The quantitative estimate of drug-likeness (QED) is 0.691. The molecular weight excluding hydrogens is 291 g/mol. The maximum atomic E-state index is 12.8. The van der Waals surface area contributed by atoms with Crippen LogP contribution in [-0.4, -0.2) is 33.5 Å². The molecule has 0 unspecified atom stereocenters. The molecular formula is C12H16BrFO3. The lowest BCUT2D eigenvalue weighted by molar-refractivity contribution is 0.0198. The molecule has 96 valence electrons. The van der Waals surface area contributed by atoms with Crippen LogP contribution in [0.3, 0.4) is 0 Å². The second kappa shape index (κ2) is 8.58. The zero-order valence-electron chi connectivity index (χ0n) is 9.75. The number of benzene rings is 1. The van der Waals surface area contributed by atoms with E-state index >= 15 is 0 Å². The van der Waals surface area contributed by atoms with Crippen molar-refractivity contribution in [2.75, 3.05) is 33.5 Å². The van der Waals surface area contributed by atoms with Crippen molar-refractivity contribution in [2.45, 2.75) is 6.61 Å². The summed E-state index contributed by atoms with van der Waals surface area (Å²) in [4.78, 5) is 0. The number of hydrogen-bond acceptors (Lipinski definition) is 3. The van der Waals surface area contributed by atoms with Gasteiger partial charge in [-0.25, -0.2) is 4.39 Å². The van der Waals surface area contributed by atoms with E-state index in [2.05, 4.69) is 15.9 Å². The normalized spacial score (nSPS) is 10.8. The van der Waals surface area contributed by atoms with Crippen LogP contribution in [0.1, 0.15) is 5.56 Å². The van der Waals surface area contributed by atoms with Gasteiger partial charge in [0.2, 0.25) is 0 Å². The third-order valence-electron chi connectivity index (χ3n) is 2.08. The Labute approximate surface area is 109 Å². The largest absolute Gasteiger partial charge is 0.382 e. The molecule has 0 N–H and O–H groups in total. The van der Waals surface area contributed by atoms with E-state index in [9.17, 15) is 4.39 Å². The minimum absolute atomic E-state index is 0.261. The molecule has 0 saturated heterocycles. The fourth-order valence-corrected chi connectivity index (χ4v) is 1.65. The molecule has 17 heavy (non-hydrogen) atoms. The molecule has 0 fully saturated rings. The summed E-state index contributed by atoms with van der Waals surface area (Å²) in [6.45, 7) is 2.63. The van der Waals surface area contributed by atoms with Gasteiger partial charge in [-0.05, 0) is 17.7 Å². The van der Waals surface area contributed by atoms with E-state index in [0.717, 1.165) is 10.0 Å². The zero-order valence-corrected chi connectivity index (χ0v) is 11.3. The molecule has 0 radical (unpaired) electrons. The van der Waals surface area contributed by atoms with Crippen molar-refractivity contribution in [1.82, 2.24) is 0 Å². The van der Waals surface area contributed by atoms with Crippen LogP contribution in [0.25, 0.3) is 0 Å². The zero-order chi connectivity index (χ0) is 12.5. The van der Waals surface area contributed by atoms with Crippen molar-refractivity contribution >= 4 is 15.9 Å². The lowest BCUT2D eigenvalue weighted by atomic mass is 10.2. The highest BCUT2D eigenvalue weighted by molar-refractivity contribution is 9.10. The predicted molar refractivity (Wildman–Crippen MR) is 66.5 cm³/mol. The maximum absolute atomic E-state index is 12.8. The summed E-state index contributed by atoms with van der Waals surface area (Å²) in [5.74, 6) is -0.261. The lowest BCUT2D eigenvalue weighted by Gasteiger charge is -2.07. The monoisotopic (exact) mass is 306 g/mol. The summed E-state index contributed by atoms with van der Waals surface area (Å²) >= 11 is 3.28. The first-order chi connectivity index (χ1) is 8.24. The Kier molecular flexibility index (Phi) is 7.35. The van der Waals surface area contributed by atoms with Gasteiger partial charge in [0.25, 0.3) is 0 Å². The number of hydrogen-bond donors (Lipinski definition) is 0. The van der Waals surface area contributed by atoms with E-state index in [0.29, 0.717) is 33.0 Å². The van der Waals surface area contributed by atoms with Gasteiger partial charge in [0, 0.05) is 11.6 Å². The Hall–Kier alpha value is -0.490. The van der Waals surface area contributed by atoms with Crippen LogP contribution in [0.15, 0.2) is 22.7 Å². The summed E-state index contributed by atoms with van der Waals surface area (Å²) in [5.41, 5.74) is 0.920. The summed E-state index contributed by atoms with van der Waals surface area (Å²) in [7, 11) is 1.63. The standard InChI is InChI=1S/C12H16BrFO3/c1-15-4-5-16-6-7-17-9-10-2-3-11(14)8-12(10)13/h2-3,8H,4-7,9H2,1H3. The number of rotatable bonds is 8. The minimum atomic E-state index is -0.261. The summed E-state index contributed by atoms with van der Waals surface area (Å²) in [6.07, 6.45) is 0. The van der Waals surface area contributed by atoms with Crippen LogP contribution in [0.2, 0.25) is 0 Å². The van der Waals surface area contributed by atoms with E-state index < -0.39 is 0 Å². The number of halogens is 2. The minimum Gasteiger partial charge on any atom is -0.382 e. The average Bonchev–Trinajstić information content (AvgIpc) is 2.30. The van der Waals surface area contributed by atoms with Gasteiger partial charge >= 0.3 is 0 Å². The van der Waals surface area contributed by atoms with Crippen molar-refractivity contribution in [3.63, 3.8) is 0 Å². The molecule has 0 aliphatic carbocycles. The van der Waals surface area contributed by atoms with Gasteiger partial charge in [-0.15, -0.1) is 0 Å². The Morgan fingerprint density at radius 1 is 1.12 bits per heavy atom. The Bertz CT molecular complexity index is 334. The molecule has 0 aromatic heterocycles. The molecule has 1 aromatic rings. The fraction of sp³-hybridized carbons (Fsp3) is 0.500. The van der Waals surface area contributed by atoms with Crippen molar-refractivity contribution in [2.24, 2.45) is 0 Å². The number of methoxy groups -OCH3 is 1. The molecule has 0 amide bonds. The van der Waals surface area contributed by atoms with Crippen LogP contribution in [0.5, 0.6) is 0 Å². The predicted octanol–water partition coefficient (Wildman–Crippen LogP) is 2.77. The fourth-order valence-electron chi connectivity index (χ4n) is 1.18. The van der Waals surface area contributed by atoms with E-state index in [1.807, 2.05) is 0 Å². The highest BCUT2D eigenvalue weighted by atomic mass is 79.9. The molecule has 0 bridgehead atoms. The smallest absolute Gasteiger partial charge is 0.124 e. The first kappa shape index (κ1) is 14.6.